The molecule has 4 aromatic carbocycles. The van der Waals surface area contributed by atoms with Crippen LogP contribution in [0.2, 0.25) is 0 Å². The first-order valence-electron chi connectivity index (χ1n) is 16.0. The Bertz CT molecular complexity index is 1170. The van der Waals surface area contributed by atoms with E-state index in [1.807, 2.05) is 0 Å². The van der Waals surface area contributed by atoms with Crippen LogP contribution in [0.25, 0.3) is 21.5 Å². The Kier molecular flexibility index (Phi) is 12.2. The number of benzene rings is 4. The van der Waals surface area contributed by atoms with Crippen LogP contribution in [-0.4, -0.2) is 0 Å². The van der Waals surface area contributed by atoms with E-state index in [2.05, 4.69) is 86.6 Å². The second kappa shape index (κ2) is 16.3. The Morgan fingerprint density at radius 2 is 0.744 bits per heavy atom. The molecule has 0 aromatic heterocycles. The van der Waals surface area contributed by atoms with Crippen LogP contribution < -0.4 is 4.74 Å². The lowest BCUT2D eigenvalue weighted by Crippen LogP contribution is -1.94. The van der Waals surface area contributed by atoms with Gasteiger partial charge in [-0.2, -0.15) is 0 Å². The molecular formula is C38H50O. The third-order valence-corrected chi connectivity index (χ3v) is 8.27. The van der Waals surface area contributed by atoms with Crippen LogP contribution in [0.5, 0.6) is 11.5 Å². The summed E-state index contributed by atoms with van der Waals surface area (Å²) in [6.07, 6.45) is 21.1. The van der Waals surface area contributed by atoms with Crippen LogP contribution in [0, 0.1) is 0 Å². The van der Waals surface area contributed by atoms with E-state index in [1.165, 1.54) is 123 Å². The lowest BCUT2D eigenvalue weighted by Gasteiger charge is -2.15. The molecule has 0 saturated heterocycles. The van der Waals surface area contributed by atoms with Gasteiger partial charge in [0, 0.05) is 10.8 Å². The minimum absolute atomic E-state index is 0.957. The minimum atomic E-state index is 0.957. The molecule has 0 unspecified atom stereocenters. The molecule has 4 rings (SSSR count). The zero-order valence-corrected chi connectivity index (χ0v) is 24.7. The molecule has 208 valence electrons. The van der Waals surface area contributed by atoms with Gasteiger partial charge in [0.15, 0.2) is 0 Å². The fraction of sp³-hybridized carbons (Fsp3) is 0.474. The van der Waals surface area contributed by atoms with Gasteiger partial charge < -0.3 is 4.74 Å². The van der Waals surface area contributed by atoms with Crippen molar-refractivity contribution in [2.24, 2.45) is 0 Å². The topological polar surface area (TPSA) is 9.23 Å². The second-order valence-electron chi connectivity index (χ2n) is 11.4. The number of hydrogen-bond acceptors (Lipinski definition) is 1. The Morgan fingerprint density at radius 1 is 0.385 bits per heavy atom. The number of ether oxygens (including phenoxy) is 1. The molecule has 0 atom stereocenters. The number of fused-ring (bicyclic) bond motifs is 2. The summed E-state index contributed by atoms with van der Waals surface area (Å²) in [5, 5.41) is 5.10. The van der Waals surface area contributed by atoms with Gasteiger partial charge in [-0.15, -0.1) is 0 Å². The van der Waals surface area contributed by atoms with E-state index in [0.29, 0.717) is 0 Å². The first-order chi connectivity index (χ1) is 19.3. The molecule has 39 heavy (non-hydrogen) atoms. The van der Waals surface area contributed by atoms with Crippen molar-refractivity contribution in [3.05, 3.63) is 83.9 Å². The van der Waals surface area contributed by atoms with Crippen LogP contribution in [0.15, 0.2) is 72.8 Å². The lowest BCUT2D eigenvalue weighted by atomic mass is 9.97. The third-order valence-electron chi connectivity index (χ3n) is 8.27. The fourth-order valence-corrected chi connectivity index (χ4v) is 5.95. The average molecular weight is 523 g/mol. The molecule has 0 aliphatic carbocycles. The summed E-state index contributed by atoms with van der Waals surface area (Å²) in [5.74, 6) is 1.91. The van der Waals surface area contributed by atoms with Gasteiger partial charge in [-0.25, -0.2) is 0 Å². The van der Waals surface area contributed by atoms with Crippen molar-refractivity contribution >= 4 is 21.5 Å². The Labute approximate surface area is 238 Å². The van der Waals surface area contributed by atoms with Crippen molar-refractivity contribution in [3.8, 4) is 11.5 Å². The molecule has 0 radical (unpaired) electrons. The number of rotatable bonds is 18. The van der Waals surface area contributed by atoms with Crippen molar-refractivity contribution in [2.75, 3.05) is 0 Å². The van der Waals surface area contributed by atoms with Gasteiger partial charge in [-0.3, -0.25) is 0 Å². The molecule has 0 aliphatic heterocycles. The molecule has 0 heterocycles. The first-order valence-corrected chi connectivity index (χ1v) is 16.0. The van der Waals surface area contributed by atoms with Gasteiger partial charge in [0.2, 0.25) is 0 Å². The molecule has 0 aliphatic rings. The molecule has 1 nitrogen and oxygen atoms in total. The maximum absolute atomic E-state index is 6.68. The van der Waals surface area contributed by atoms with Crippen molar-refractivity contribution in [3.63, 3.8) is 0 Å². The summed E-state index contributed by atoms with van der Waals surface area (Å²) < 4.78 is 6.68. The van der Waals surface area contributed by atoms with Crippen LogP contribution in [0.1, 0.15) is 115 Å². The Balaban J connectivity index is 1.43. The highest BCUT2D eigenvalue weighted by atomic mass is 16.5. The molecule has 0 spiro atoms. The standard InChI is InChI=1S/C38H50O/c1-3-5-7-9-11-13-15-21-31-27-29-37(35-25-19-17-23-33(31)35)39-38-30-28-32(34-24-18-20-26-36(34)38)22-16-14-12-10-8-6-4-2/h17-20,23-30H,3-16,21-22H2,1-2H3. The van der Waals surface area contributed by atoms with Crippen LogP contribution in [0.4, 0.5) is 0 Å². The molecule has 0 bridgehead atoms. The quantitative estimate of drug-likeness (QED) is 0.118. The maximum Gasteiger partial charge on any atom is 0.135 e. The molecule has 1 heteroatoms. The van der Waals surface area contributed by atoms with E-state index in [9.17, 15) is 0 Å². The van der Waals surface area contributed by atoms with E-state index >= 15 is 0 Å². The van der Waals surface area contributed by atoms with Crippen LogP contribution in [0.3, 0.4) is 0 Å². The van der Waals surface area contributed by atoms with E-state index in [4.69, 9.17) is 4.74 Å². The first kappa shape index (κ1) is 29.2. The average Bonchev–Trinajstić information content (AvgIpc) is 2.98. The fourth-order valence-electron chi connectivity index (χ4n) is 5.95. The molecule has 0 N–H and O–H groups in total. The minimum Gasteiger partial charge on any atom is -0.456 e. The SMILES string of the molecule is CCCCCCCCCc1ccc(Oc2ccc(CCCCCCCCC)c3ccccc23)c2ccccc12. The largest absolute Gasteiger partial charge is 0.456 e. The summed E-state index contributed by atoms with van der Waals surface area (Å²) >= 11 is 0. The Morgan fingerprint density at radius 3 is 1.15 bits per heavy atom. The normalized spacial score (nSPS) is 11.4. The third kappa shape index (κ3) is 8.59. The molecule has 0 fully saturated rings. The maximum atomic E-state index is 6.68. The van der Waals surface area contributed by atoms with E-state index in [1.54, 1.807) is 0 Å². The number of aryl methyl sites for hydroxylation is 2. The van der Waals surface area contributed by atoms with E-state index < -0.39 is 0 Å². The second-order valence-corrected chi connectivity index (χ2v) is 11.4. The van der Waals surface area contributed by atoms with Gasteiger partial charge in [0.05, 0.1) is 0 Å². The smallest absolute Gasteiger partial charge is 0.135 e. The summed E-state index contributed by atoms with van der Waals surface area (Å²) in [6.45, 7) is 4.57. The summed E-state index contributed by atoms with van der Waals surface area (Å²) in [4.78, 5) is 0. The molecule has 0 saturated carbocycles. The van der Waals surface area contributed by atoms with Gasteiger partial charge in [-0.05, 0) is 59.7 Å². The summed E-state index contributed by atoms with van der Waals surface area (Å²) in [7, 11) is 0. The van der Waals surface area contributed by atoms with Crippen molar-refractivity contribution in [1.82, 2.24) is 0 Å². The lowest BCUT2D eigenvalue weighted by molar-refractivity contribution is 0.493. The molecular weight excluding hydrogens is 472 g/mol. The van der Waals surface area contributed by atoms with Crippen molar-refractivity contribution in [2.45, 2.75) is 117 Å². The van der Waals surface area contributed by atoms with E-state index in [0.717, 1.165) is 24.3 Å². The Hall–Kier alpha value is -2.80. The van der Waals surface area contributed by atoms with Gasteiger partial charge >= 0.3 is 0 Å². The molecule has 0 amide bonds. The number of unbranched alkanes of at least 4 members (excludes halogenated alkanes) is 12. The predicted molar refractivity (Wildman–Crippen MR) is 171 cm³/mol. The van der Waals surface area contributed by atoms with Gasteiger partial charge in [-0.1, -0.05) is 152 Å². The van der Waals surface area contributed by atoms with Gasteiger partial charge in [0.1, 0.15) is 11.5 Å². The summed E-state index contributed by atoms with van der Waals surface area (Å²) in [6, 6.07) is 26.5. The zero-order chi connectivity index (χ0) is 27.1. The predicted octanol–water partition coefficient (Wildman–Crippen LogP) is 12.4. The zero-order valence-electron chi connectivity index (χ0n) is 24.7. The molecule has 4 aromatic rings. The number of hydrogen-bond donors (Lipinski definition) is 0. The van der Waals surface area contributed by atoms with Crippen LogP contribution >= 0.6 is 0 Å². The highest BCUT2D eigenvalue weighted by Crippen LogP contribution is 2.37. The summed E-state index contributed by atoms with van der Waals surface area (Å²) in [5.41, 5.74) is 2.89. The van der Waals surface area contributed by atoms with Gasteiger partial charge in [0.25, 0.3) is 0 Å². The van der Waals surface area contributed by atoms with Crippen molar-refractivity contribution in [1.29, 1.82) is 0 Å². The monoisotopic (exact) mass is 522 g/mol. The van der Waals surface area contributed by atoms with Crippen molar-refractivity contribution < 1.29 is 4.74 Å². The van der Waals surface area contributed by atoms with E-state index in [-0.39, 0.29) is 0 Å². The highest BCUT2D eigenvalue weighted by molar-refractivity contribution is 5.94. The highest BCUT2D eigenvalue weighted by Gasteiger charge is 2.11. The van der Waals surface area contributed by atoms with Crippen LogP contribution in [-0.2, 0) is 12.8 Å².